The second-order valence-corrected chi connectivity index (χ2v) is 5.95. The lowest BCUT2D eigenvalue weighted by Crippen LogP contribution is -2.48. The quantitative estimate of drug-likeness (QED) is 0.828. The predicted molar refractivity (Wildman–Crippen MR) is 101 cm³/mol. The molecule has 0 saturated carbocycles. The van der Waals surface area contributed by atoms with Gasteiger partial charge in [-0.15, -0.1) is 0 Å². The summed E-state index contributed by atoms with van der Waals surface area (Å²) in [5.41, 5.74) is 6.84. The standard InChI is InChI=1S/C18H23N5O3/c1-4-5-16(24)22-6-8-23(9-7-22)18-20-13-11-15(26-3)14(25-2)10-12(13)17(19)21-18/h4-5,10-11H,6-9H2,1-3H3,(H2,19,20,21). The van der Waals surface area contributed by atoms with Crippen LogP contribution in [0.3, 0.4) is 0 Å². The van der Waals surface area contributed by atoms with Crippen LogP contribution in [-0.4, -0.2) is 61.2 Å². The van der Waals surface area contributed by atoms with E-state index in [1.807, 2.05) is 16.7 Å². The number of anilines is 2. The molecule has 1 aromatic heterocycles. The molecule has 0 radical (unpaired) electrons. The molecule has 0 unspecified atom stereocenters. The third-order valence-corrected chi connectivity index (χ3v) is 4.40. The number of hydrogen-bond acceptors (Lipinski definition) is 7. The minimum atomic E-state index is 0.0305. The summed E-state index contributed by atoms with van der Waals surface area (Å²) in [7, 11) is 3.15. The van der Waals surface area contributed by atoms with E-state index in [1.54, 1.807) is 38.5 Å². The first-order chi connectivity index (χ1) is 12.6. The molecular weight excluding hydrogens is 334 g/mol. The highest BCUT2D eigenvalue weighted by Crippen LogP contribution is 2.34. The van der Waals surface area contributed by atoms with Gasteiger partial charge in [0.2, 0.25) is 11.9 Å². The van der Waals surface area contributed by atoms with E-state index in [4.69, 9.17) is 15.2 Å². The van der Waals surface area contributed by atoms with Crippen molar-refractivity contribution < 1.29 is 14.3 Å². The maximum Gasteiger partial charge on any atom is 0.246 e. The third kappa shape index (κ3) is 3.35. The molecule has 1 fully saturated rings. The summed E-state index contributed by atoms with van der Waals surface area (Å²) >= 11 is 0. The number of nitrogen functional groups attached to an aromatic ring is 1. The number of carbonyl (C=O) groups excluding carboxylic acids is 1. The van der Waals surface area contributed by atoms with Gasteiger partial charge in [0.15, 0.2) is 11.5 Å². The number of methoxy groups -OCH3 is 2. The SMILES string of the molecule is CC=CC(=O)N1CCN(c2nc(N)c3cc(OC)c(OC)cc3n2)CC1. The summed E-state index contributed by atoms with van der Waals surface area (Å²) in [5, 5.41) is 0.716. The van der Waals surface area contributed by atoms with Crippen molar-refractivity contribution >= 4 is 28.6 Å². The molecule has 8 nitrogen and oxygen atoms in total. The van der Waals surface area contributed by atoms with Crippen molar-refractivity contribution in [3.8, 4) is 11.5 Å². The van der Waals surface area contributed by atoms with Crippen LogP contribution in [0.1, 0.15) is 6.92 Å². The number of carbonyl (C=O) groups is 1. The van der Waals surface area contributed by atoms with E-state index in [1.165, 1.54) is 0 Å². The Hall–Kier alpha value is -3.03. The molecule has 26 heavy (non-hydrogen) atoms. The van der Waals surface area contributed by atoms with Crippen molar-refractivity contribution in [2.45, 2.75) is 6.92 Å². The van der Waals surface area contributed by atoms with Crippen LogP contribution in [0.4, 0.5) is 11.8 Å². The van der Waals surface area contributed by atoms with E-state index < -0.39 is 0 Å². The number of ether oxygens (including phenoxy) is 2. The third-order valence-electron chi connectivity index (χ3n) is 4.40. The van der Waals surface area contributed by atoms with Crippen molar-refractivity contribution in [1.82, 2.24) is 14.9 Å². The summed E-state index contributed by atoms with van der Waals surface area (Å²) in [6, 6.07) is 3.57. The van der Waals surface area contributed by atoms with Crippen LogP contribution in [0.25, 0.3) is 10.9 Å². The molecular formula is C18H23N5O3. The van der Waals surface area contributed by atoms with E-state index in [0.29, 0.717) is 60.3 Å². The second-order valence-electron chi connectivity index (χ2n) is 5.95. The monoisotopic (exact) mass is 357 g/mol. The largest absolute Gasteiger partial charge is 0.493 e. The molecule has 1 aliphatic heterocycles. The summed E-state index contributed by atoms with van der Waals surface area (Å²) in [4.78, 5) is 24.9. The molecule has 0 atom stereocenters. The summed E-state index contributed by atoms with van der Waals surface area (Å²) < 4.78 is 10.7. The molecule has 1 saturated heterocycles. The minimum Gasteiger partial charge on any atom is -0.493 e. The molecule has 1 aromatic carbocycles. The van der Waals surface area contributed by atoms with Gasteiger partial charge >= 0.3 is 0 Å². The van der Waals surface area contributed by atoms with Gasteiger partial charge in [-0.05, 0) is 19.1 Å². The number of benzene rings is 1. The Labute approximate surface area is 152 Å². The van der Waals surface area contributed by atoms with Crippen LogP contribution in [-0.2, 0) is 4.79 Å². The highest BCUT2D eigenvalue weighted by atomic mass is 16.5. The molecule has 0 aliphatic carbocycles. The maximum absolute atomic E-state index is 11.9. The molecule has 2 aromatic rings. The van der Waals surface area contributed by atoms with Gasteiger partial charge in [-0.1, -0.05) is 6.08 Å². The van der Waals surface area contributed by atoms with Gasteiger partial charge in [0.05, 0.1) is 19.7 Å². The lowest BCUT2D eigenvalue weighted by Gasteiger charge is -2.34. The first-order valence-electron chi connectivity index (χ1n) is 8.43. The first kappa shape index (κ1) is 17.8. The Balaban J connectivity index is 1.86. The van der Waals surface area contributed by atoms with Crippen molar-refractivity contribution in [3.05, 3.63) is 24.3 Å². The predicted octanol–water partition coefficient (Wildman–Crippen LogP) is 1.45. The number of fused-ring (bicyclic) bond motifs is 1. The zero-order valence-electron chi connectivity index (χ0n) is 15.2. The Kier molecular flexibility index (Phi) is 5.11. The van der Waals surface area contributed by atoms with Crippen LogP contribution in [0, 0.1) is 0 Å². The summed E-state index contributed by atoms with van der Waals surface area (Å²) in [6.07, 6.45) is 3.34. The molecule has 0 bridgehead atoms. The number of amides is 1. The highest BCUT2D eigenvalue weighted by molar-refractivity contribution is 5.92. The van der Waals surface area contributed by atoms with Crippen molar-refractivity contribution in [2.75, 3.05) is 51.0 Å². The zero-order valence-corrected chi connectivity index (χ0v) is 15.2. The fraction of sp³-hybridized carbons (Fsp3) is 0.389. The van der Waals surface area contributed by atoms with E-state index >= 15 is 0 Å². The Morgan fingerprint density at radius 1 is 1.12 bits per heavy atom. The van der Waals surface area contributed by atoms with Crippen molar-refractivity contribution in [3.63, 3.8) is 0 Å². The van der Waals surface area contributed by atoms with Crippen molar-refractivity contribution in [2.24, 2.45) is 0 Å². The molecule has 2 heterocycles. The lowest BCUT2D eigenvalue weighted by atomic mass is 10.2. The Morgan fingerprint density at radius 2 is 1.77 bits per heavy atom. The van der Waals surface area contributed by atoms with Gasteiger partial charge in [-0.3, -0.25) is 4.79 Å². The topological polar surface area (TPSA) is 93.8 Å². The highest BCUT2D eigenvalue weighted by Gasteiger charge is 2.22. The number of hydrogen-bond donors (Lipinski definition) is 1. The van der Waals surface area contributed by atoms with Crippen LogP contribution in [0.2, 0.25) is 0 Å². The number of piperazine rings is 1. The normalized spacial score (nSPS) is 14.9. The number of aromatic nitrogens is 2. The number of rotatable bonds is 4. The van der Waals surface area contributed by atoms with E-state index in [-0.39, 0.29) is 5.91 Å². The molecule has 1 aliphatic rings. The zero-order chi connectivity index (χ0) is 18.7. The molecule has 2 N–H and O–H groups in total. The van der Waals surface area contributed by atoms with E-state index in [0.717, 1.165) is 0 Å². The van der Waals surface area contributed by atoms with Gasteiger partial charge in [-0.25, -0.2) is 4.98 Å². The Bertz CT molecular complexity index is 844. The number of allylic oxidation sites excluding steroid dienone is 1. The van der Waals surface area contributed by atoms with Gasteiger partial charge in [0, 0.05) is 37.6 Å². The molecule has 138 valence electrons. The van der Waals surface area contributed by atoms with Gasteiger partial charge in [0.25, 0.3) is 0 Å². The number of nitrogens with zero attached hydrogens (tertiary/aromatic N) is 4. The summed E-state index contributed by atoms with van der Waals surface area (Å²) in [6.45, 7) is 4.39. The van der Waals surface area contributed by atoms with Gasteiger partial charge < -0.3 is 25.0 Å². The summed E-state index contributed by atoms with van der Waals surface area (Å²) in [5.74, 6) is 2.15. The maximum atomic E-state index is 11.9. The molecule has 1 amide bonds. The first-order valence-corrected chi connectivity index (χ1v) is 8.43. The second kappa shape index (κ2) is 7.47. The van der Waals surface area contributed by atoms with E-state index in [2.05, 4.69) is 9.97 Å². The van der Waals surface area contributed by atoms with Crippen LogP contribution >= 0.6 is 0 Å². The Morgan fingerprint density at radius 3 is 2.38 bits per heavy atom. The van der Waals surface area contributed by atoms with Gasteiger partial charge in [-0.2, -0.15) is 4.98 Å². The average Bonchev–Trinajstić information content (AvgIpc) is 2.67. The molecule has 8 heteroatoms. The lowest BCUT2D eigenvalue weighted by molar-refractivity contribution is -0.126. The minimum absolute atomic E-state index is 0.0305. The fourth-order valence-corrected chi connectivity index (χ4v) is 2.98. The van der Waals surface area contributed by atoms with Crippen LogP contribution < -0.4 is 20.1 Å². The molecule has 0 spiro atoms. The molecule has 3 rings (SSSR count). The fourth-order valence-electron chi connectivity index (χ4n) is 2.98. The van der Waals surface area contributed by atoms with Crippen LogP contribution in [0.15, 0.2) is 24.3 Å². The van der Waals surface area contributed by atoms with Gasteiger partial charge in [0.1, 0.15) is 5.82 Å². The van der Waals surface area contributed by atoms with Crippen LogP contribution in [0.5, 0.6) is 11.5 Å². The smallest absolute Gasteiger partial charge is 0.246 e. The van der Waals surface area contributed by atoms with Crippen molar-refractivity contribution in [1.29, 1.82) is 0 Å². The van der Waals surface area contributed by atoms with E-state index in [9.17, 15) is 4.79 Å². The average molecular weight is 357 g/mol. The number of nitrogens with two attached hydrogens (primary N) is 1.